The van der Waals surface area contributed by atoms with E-state index in [2.05, 4.69) is 16.0 Å². The van der Waals surface area contributed by atoms with Gasteiger partial charge in [-0.2, -0.15) is 0 Å². The molecule has 7 nitrogen and oxygen atoms in total. The lowest BCUT2D eigenvalue weighted by Crippen LogP contribution is -2.39. The number of phenols is 1. The van der Waals surface area contributed by atoms with E-state index in [9.17, 15) is 14.7 Å². The number of amides is 3. The molecule has 0 aliphatic rings. The fourth-order valence-corrected chi connectivity index (χ4v) is 1.57. The Morgan fingerprint density at radius 1 is 1.18 bits per heavy atom. The van der Waals surface area contributed by atoms with Crippen LogP contribution in [-0.4, -0.2) is 35.9 Å². The number of carbonyl (C=O) groups excluding carboxylic acids is 2. The number of carbonyl (C=O) groups is 2. The molecule has 0 heterocycles. The van der Waals surface area contributed by atoms with E-state index in [0.29, 0.717) is 5.69 Å². The summed E-state index contributed by atoms with van der Waals surface area (Å²) in [6.45, 7) is 7.64. The van der Waals surface area contributed by atoms with Crippen LogP contribution in [-0.2, 0) is 4.74 Å². The second-order valence-corrected chi connectivity index (χ2v) is 5.83. The maximum atomic E-state index is 11.7. The number of phenolic OH excluding ortho intramolecular Hbond substituents is 1. The van der Waals surface area contributed by atoms with Crippen LogP contribution in [0.15, 0.2) is 18.2 Å². The third-order valence-electron chi connectivity index (χ3n) is 2.48. The first-order valence-electron chi connectivity index (χ1n) is 6.99. The molecule has 1 aromatic carbocycles. The summed E-state index contributed by atoms with van der Waals surface area (Å²) in [6.07, 6.45) is -0.536. The summed E-state index contributed by atoms with van der Waals surface area (Å²) in [6, 6.07) is 4.44. The quantitative estimate of drug-likeness (QED) is 0.506. The van der Waals surface area contributed by atoms with Gasteiger partial charge in [-0.1, -0.05) is 6.07 Å². The van der Waals surface area contributed by atoms with Gasteiger partial charge >= 0.3 is 12.1 Å². The molecule has 0 saturated carbocycles. The molecule has 0 fully saturated rings. The van der Waals surface area contributed by atoms with E-state index < -0.39 is 17.7 Å². The van der Waals surface area contributed by atoms with Gasteiger partial charge in [0.15, 0.2) is 0 Å². The molecular weight excluding hydrogens is 286 g/mol. The summed E-state index contributed by atoms with van der Waals surface area (Å²) in [5, 5.41) is 17.2. The molecule has 0 radical (unpaired) electrons. The summed E-state index contributed by atoms with van der Waals surface area (Å²) in [5.74, 6) is -0.00682. The summed E-state index contributed by atoms with van der Waals surface area (Å²) in [4.78, 5) is 23.1. The van der Waals surface area contributed by atoms with Gasteiger partial charge in [-0.25, -0.2) is 9.59 Å². The zero-order valence-electron chi connectivity index (χ0n) is 13.3. The Bertz CT molecular complexity index is 538. The summed E-state index contributed by atoms with van der Waals surface area (Å²) in [7, 11) is 0. The third kappa shape index (κ3) is 6.83. The standard InChI is InChI=1S/C15H23N3O4/c1-10-5-6-12(19)11(9-10)18-13(20)16-7-8-17-14(21)22-15(2,3)4/h5-6,9,19H,7-8H2,1-4H3,(H,17,21)(H2,16,18,20). The number of alkyl carbamates (subject to hydrolysis) is 1. The number of aromatic hydroxyl groups is 1. The maximum absolute atomic E-state index is 11.7. The number of ether oxygens (including phenoxy) is 1. The molecule has 0 unspecified atom stereocenters. The molecular formula is C15H23N3O4. The predicted molar refractivity (Wildman–Crippen MR) is 84.1 cm³/mol. The molecule has 0 aliphatic heterocycles. The largest absolute Gasteiger partial charge is 0.506 e. The van der Waals surface area contributed by atoms with Crippen LogP contribution in [0, 0.1) is 6.92 Å². The van der Waals surface area contributed by atoms with E-state index in [1.165, 1.54) is 6.07 Å². The van der Waals surface area contributed by atoms with E-state index in [1.54, 1.807) is 32.9 Å². The molecule has 0 aromatic heterocycles. The molecule has 22 heavy (non-hydrogen) atoms. The lowest BCUT2D eigenvalue weighted by Gasteiger charge is -2.19. The third-order valence-corrected chi connectivity index (χ3v) is 2.48. The molecule has 7 heteroatoms. The van der Waals surface area contributed by atoms with Gasteiger partial charge in [0, 0.05) is 13.1 Å². The summed E-state index contributed by atoms with van der Waals surface area (Å²) < 4.78 is 5.06. The first-order chi connectivity index (χ1) is 10.2. The van der Waals surface area contributed by atoms with Gasteiger partial charge in [-0.15, -0.1) is 0 Å². The summed E-state index contributed by atoms with van der Waals surface area (Å²) >= 11 is 0. The van der Waals surface area contributed by atoms with Crippen LogP contribution in [0.1, 0.15) is 26.3 Å². The molecule has 1 rings (SSSR count). The number of benzene rings is 1. The van der Waals surface area contributed by atoms with Gasteiger partial charge in [0.1, 0.15) is 11.4 Å². The van der Waals surface area contributed by atoms with Gasteiger partial charge in [0.2, 0.25) is 0 Å². The molecule has 1 aromatic rings. The van der Waals surface area contributed by atoms with Crippen LogP contribution in [0.2, 0.25) is 0 Å². The monoisotopic (exact) mass is 309 g/mol. The normalized spacial score (nSPS) is 10.7. The number of rotatable bonds is 4. The first-order valence-corrected chi connectivity index (χ1v) is 6.99. The number of nitrogens with one attached hydrogen (secondary N) is 3. The lowest BCUT2D eigenvalue weighted by atomic mass is 10.2. The van der Waals surface area contributed by atoms with Crippen LogP contribution in [0.5, 0.6) is 5.75 Å². The fourth-order valence-electron chi connectivity index (χ4n) is 1.57. The Morgan fingerprint density at radius 3 is 2.45 bits per heavy atom. The molecule has 3 amide bonds. The van der Waals surface area contributed by atoms with Crippen molar-refractivity contribution in [1.29, 1.82) is 0 Å². The second-order valence-electron chi connectivity index (χ2n) is 5.83. The smallest absolute Gasteiger partial charge is 0.407 e. The van der Waals surface area contributed by atoms with Crippen molar-refractivity contribution in [1.82, 2.24) is 10.6 Å². The molecule has 0 bridgehead atoms. The van der Waals surface area contributed by atoms with E-state index >= 15 is 0 Å². The highest BCUT2D eigenvalue weighted by atomic mass is 16.6. The Kier molecular flexibility index (Phi) is 6.03. The van der Waals surface area contributed by atoms with Crippen molar-refractivity contribution in [3.63, 3.8) is 0 Å². The Hall–Kier alpha value is -2.44. The van der Waals surface area contributed by atoms with E-state index in [0.717, 1.165) is 5.56 Å². The zero-order chi connectivity index (χ0) is 16.8. The van der Waals surface area contributed by atoms with Crippen LogP contribution in [0.25, 0.3) is 0 Å². The lowest BCUT2D eigenvalue weighted by molar-refractivity contribution is 0.0528. The van der Waals surface area contributed by atoms with E-state index in [1.807, 2.05) is 6.92 Å². The highest BCUT2D eigenvalue weighted by molar-refractivity contribution is 5.90. The van der Waals surface area contributed by atoms with Crippen LogP contribution < -0.4 is 16.0 Å². The summed E-state index contributed by atoms with van der Waals surface area (Å²) in [5.41, 5.74) is 0.690. The molecule has 122 valence electrons. The molecule has 0 aliphatic carbocycles. The average Bonchev–Trinajstić information content (AvgIpc) is 2.37. The van der Waals surface area contributed by atoms with Crippen molar-refractivity contribution >= 4 is 17.8 Å². The number of aryl methyl sites for hydroxylation is 1. The van der Waals surface area contributed by atoms with Gasteiger partial charge in [-0.05, 0) is 45.4 Å². The second kappa shape index (κ2) is 7.53. The number of hydrogen-bond acceptors (Lipinski definition) is 4. The van der Waals surface area contributed by atoms with Gasteiger partial charge in [-0.3, -0.25) is 0 Å². The van der Waals surface area contributed by atoms with Crippen molar-refractivity contribution in [2.75, 3.05) is 18.4 Å². The number of hydrogen-bond donors (Lipinski definition) is 4. The van der Waals surface area contributed by atoms with Crippen LogP contribution in [0.4, 0.5) is 15.3 Å². The van der Waals surface area contributed by atoms with Crippen molar-refractivity contribution in [2.45, 2.75) is 33.3 Å². The SMILES string of the molecule is Cc1ccc(O)c(NC(=O)NCCNC(=O)OC(C)(C)C)c1. The van der Waals surface area contributed by atoms with E-state index in [4.69, 9.17) is 4.74 Å². The topological polar surface area (TPSA) is 99.7 Å². The molecule has 4 N–H and O–H groups in total. The predicted octanol–water partition coefficient (Wildman–Crippen LogP) is 2.35. The minimum absolute atomic E-state index is 0.00682. The van der Waals surface area contributed by atoms with Gasteiger partial charge < -0.3 is 25.8 Å². The highest BCUT2D eigenvalue weighted by Gasteiger charge is 2.15. The van der Waals surface area contributed by atoms with Crippen LogP contribution in [0.3, 0.4) is 0 Å². The average molecular weight is 309 g/mol. The Morgan fingerprint density at radius 2 is 1.82 bits per heavy atom. The zero-order valence-corrected chi connectivity index (χ0v) is 13.3. The number of anilines is 1. The highest BCUT2D eigenvalue weighted by Crippen LogP contribution is 2.23. The van der Waals surface area contributed by atoms with Crippen LogP contribution >= 0.6 is 0 Å². The van der Waals surface area contributed by atoms with Crippen molar-refractivity contribution in [2.24, 2.45) is 0 Å². The number of urea groups is 1. The van der Waals surface area contributed by atoms with Crippen molar-refractivity contribution in [3.05, 3.63) is 23.8 Å². The minimum atomic E-state index is -0.558. The molecule has 0 atom stereocenters. The molecule has 0 saturated heterocycles. The Labute approximate surface area is 130 Å². The maximum Gasteiger partial charge on any atom is 0.407 e. The fraction of sp³-hybridized carbons (Fsp3) is 0.467. The van der Waals surface area contributed by atoms with Crippen molar-refractivity contribution < 1.29 is 19.4 Å². The minimum Gasteiger partial charge on any atom is -0.506 e. The van der Waals surface area contributed by atoms with Gasteiger partial charge in [0.25, 0.3) is 0 Å². The van der Waals surface area contributed by atoms with E-state index in [-0.39, 0.29) is 18.8 Å². The molecule has 0 spiro atoms. The Balaban J connectivity index is 2.29. The van der Waals surface area contributed by atoms with Gasteiger partial charge in [0.05, 0.1) is 5.69 Å². The van der Waals surface area contributed by atoms with Crippen molar-refractivity contribution in [3.8, 4) is 5.75 Å². The first kappa shape index (κ1) is 17.6.